The van der Waals surface area contributed by atoms with Crippen LogP contribution in [0.2, 0.25) is 0 Å². The molecule has 0 spiro atoms. The molecular formula is C21H23N3O3S. The number of nitrogens with one attached hydrogen (secondary N) is 1. The minimum atomic E-state index is -0.294. The van der Waals surface area contributed by atoms with Gasteiger partial charge in [0.25, 0.3) is 0 Å². The van der Waals surface area contributed by atoms with Crippen molar-refractivity contribution in [2.45, 2.75) is 38.3 Å². The van der Waals surface area contributed by atoms with Crippen LogP contribution in [-0.4, -0.2) is 36.6 Å². The third-order valence-electron chi connectivity index (χ3n) is 5.35. The summed E-state index contributed by atoms with van der Waals surface area (Å²) in [5.41, 5.74) is 1.65. The van der Waals surface area contributed by atoms with Crippen LogP contribution >= 0.6 is 11.3 Å². The summed E-state index contributed by atoms with van der Waals surface area (Å²) in [5.74, 6) is 1.50. The second kappa shape index (κ2) is 8.21. The summed E-state index contributed by atoms with van der Waals surface area (Å²) in [6.45, 7) is 4.12. The monoisotopic (exact) mass is 397 g/mol. The van der Waals surface area contributed by atoms with Gasteiger partial charge in [-0.2, -0.15) is 5.26 Å². The Hall–Kier alpha value is -2.56. The molecule has 2 aromatic rings. The van der Waals surface area contributed by atoms with Gasteiger partial charge in [-0.1, -0.05) is 6.07 Å². The number of ether oxygens (including phenoxy) is 2. The minimum Gasteiger partial charge on any atom is -0.490 e. The van der Waals surface area contributed by atoms with E-state index in [4.69, 9.17) is 14.7 Å². The van der Waals surface area contributed by atoms with Crippen LogP contribution in [0, 0.1) is 11.3 Å². The van der Waals surface area contributed by atoms with E-state index in [2.05, 4.69) is 28.4 Å². The lowest BCUT2D eigenvalue weighted by Gasteiger charge is -2.30. The summed E-state index contributed by atoms with van der Waals surface area (Å²) in [4.78, 5) is 15.1. The van der Waals surface area contributed by atoms with Crippen molar-refractivity contribution in [3.05, 3.63) is 40.8 Å². The molecular weight excluding hydrogens is 374 g/mol. The molecule has 0 bridgehead atoms. The molecule has 1 N–H and O–H groups in total. The molecule has 6 nitrogen and oxygen atoms in total. The molecule has 1 aromatic heterocycles. The maximum absolute atomic E-state index is 12.8. The number of benzene rings is 1. The third-order valence-corrected chi connectivity index (χ3v) is 6.18. The van der Waals surface area contributed by atoms with Crippen LogP contribution in [0.25, 0.3) is 0 Å². The van der Waals surface area contributed by atoms with E-state index in [9.17, 15) is 4.79 Å². The Bertz CT molecular complexity index is 905. The molecule has 1 saturated heterocycles. The van der Waals surface area contributed by atoms with Gasteiger partial charge in [0.05, 0.1) is 24.8 Å². The molecule has 28 heavy (non-hydrogen) atoms. The fourth-order valence-corrected chi connectivity index (χ4v) is 4.60. The Balaban J connectivity index is 1.51. The van der Waals surface area contributed by atoms with Gasteiger partial charge < -0.3 is 14.8 Å². The van der Waals surface area contributed by atoms with Crippen LogP contribution in [0.5, 0.6) is 11.5 Å². The SMILES string of the molecule is C[C@H](C(=O)Nc1sccc1C#N)N1CCC[C@H]1c1ccc2c(c1)OCCCO2. The largest absolute Gasteiger partial charge is 0.490 e. The van der Waals surface area contributed by atoms with Gasteiger partial charge in [0, 0.05) is 12.5 Å². The van der Waals surface area contributed by atoms with Gasteiger partial charge in [0.15, 0.2) is 11.5 Å². The summed E-state index contributed by atoms with van der Waals surface area (Å²) in [5, 5.41) is 14.5. The van der Waals surface area contributed by atoms with Gasteiger partial charge in [0.2, 0.25) is 5.91 Å². The highest BCUT2D eigenvalue weighted by molar-refractivity contribution is 7.14. The zero-order chi connectivity index (χ0) is 19.5. The first-order chi connectivity index (χ1) is 13.7. The normalized spacial score (nSPS) is 20.2. The summed E-state index contributed by atoms with van der Waals surface area (Å²) >= 11 is 1.37. The van der Waals surface area contributed by atoms with Crippen LogP contribution in [0.1, 0.15) is 43.4 Å². The van der Waals surface area contributed by atoms with Crippen LogP contribution in [0.15, 0.2) is 29.6 Å². The lowest BCUT2D eigenvalue weighted by atomic mass is 10.0. The molecule has 0 radical (unpaired) electrons. The van der Waals surface area contributed by atoms with Crippen LogP contribution in [0.3, 0.4) is 0 Å². The predicted octanol–water partition coefficient (Wildman–Crippen LogP) is 3.95. The van der Waals surface area contributed by atoms with Gasteiger partial charge in [-0.25, -0.2) is 0 Å². The maximum Gasteiger partial charge on any atom is 0.242 e. The molecule has 1 fully saturated rings. The zero-order valence-electron chi connectivity index (χ0n) is 15.8. The van der Waals surface area contributed by atoms with Crippen molar-refractivity contribution in [3.63, 3.8) is 0 Å². The molecule has 1 aromatic carbocycles. The van der Waals surface area contributed by atoms with E-state index in [1.54, 1.807) is 6.07 Å². The lowest BCUT2D eigenvalue weighted by molar-refractivity contribution is -0.121. The molecule has 0 unspecified atom stereocenters. The number of hydrogen-bond acceptors (Lipinski definition) is 6. The Morgan fingerprint density at radius 1 is 1.29 bits per heavy atom. The summed E-state index contributed by atoms with van der Waals surface area (Å²) in [6.07, 6.45) is 2.92. The molecule has 7 heteroatoms. The smallest absolute Gasteiger partial charge is 0.242 e. The Morgan fingerprint density at radius 3 is 2.93 bits per heavy atom. The van der Waals surface area contributed by atoms with Crippen LogP contribution < -0.4 is 14.8 Å². The van der Waals surface area contributed by atoms with E-state index in [1.807, 2.05) is 18.4 Å². The number of likely N-dealkylation sites (tertiary alicyclic amines) is 1. The highest BCUT2D eigenvalue weighted by Crippen LogP contribution is 2.39. The van der Waals surface area contributed by atoms with Crippen molar-refractivity contribution in [1.82, 2.24) is 4.90 Å². The Morgan fingerprint density at radius 2 is 2.11 bits per heavy atom. The number of nitrogens with zero attached hydrogens (tertiary/aromatic N) is 2. The summed E-state index contributed by atoms with van der Waals surface area (Å²) < 4.78 is 11.6. The van der Waals surface area contributed by atoms with Gasteiger partial charge in [-0.05, 0) is 55.5 Å². The minimum absolute atomic E-state index is 0.0832. The van der Waals surface area contributed by atoms with Crippen molar-refractivity contribution >= 4 is 22.2 Å². The average molecular weight is 398 g/mol. The second-order valence-corrected chi connectivity index (χ2v) is 8.01. The molecule has 0 saturated carbocycles. The molecule has 0 aliphatic carbocycles. The topological polar surface area (TPSA) is 74.6 Å². The molecule has 2 aliphatic heterocycles. The number of carbonyl (C=O) groups is 1. The number of carbonyl (C=O) groups excluding carboxylic acids is 1. The molecule has 4 rings (SSSR count). The van der Waals surface area contributed by atoms with Gasteiger partial charge >= 0.3 is 0 Å². The summed E-state index contributed by atoms with van der Waals surface area (Å²) in [7, 11) is 0. The number of amides is 1. The third kappa shape index (κ3) is 3.71. The molecule has 1 amide bonds. The van der Waals surface area contributed by atoms with Crippen molar-refractivity contribution in [2.75, 3.05) is 25.1 Å². The summed E-state index contributed by atoms with van der Waals surface area (Å²) in [6, 6.07) is 9.82. The van der Waals surface area contributed by atoms with E-state index >= 15 is 0 Å². The van der Waals surface area contributed by atoms with E-state index in [0.717, 1.165) is 42.9 Å². The van der Waals surface area contributed by atoms with Crippen molar-refractivity contribution in [3.8, 4) is 17.6 Å². The molecule has 2 atom stereocenters. The second-order valence-electron chi connectivity index (χ2n) is 7.09. The first kappa shape index (κ1) is 18.8. The number of anilines is 1. The van der Waals surface area contributed by atoms with Crippen molar-refractivity contribution < 1.29 is 14.3 Å². The number of rotatable bonds is 4. The number of thiophene rings is 1. The van der Waals surface area contributed by atoms with E-state index in [-0.39, 0.29) is 18.0 Å². The van der Waals surface area contributed by atoms with Crippen LogP contribution in [0.4, 0.5) is 5.00 Å². The number of fused-ring (bicyclic) bond motifs is 1. The van der Waals surface area contributed by atoms with E-state index in [1.165, 1.54) is 11.3 Å². The van der Waals surface area contributed by atoms with Crippen LogP contribution in [-0.2, 0) is 4.79 Å². The van der Waals surface area contributed by atoms with Crippen molar-refractivity contribution in [2.24, 2.45) is 0 Å². The van der Waals surface area contributed by atoms with Crippen molar-refractivity contribution in [1.29, 1.82) is 5.26 Å². The fraction of sp³-hybridized carbons (Fsp3) is 0.429. The Labute approximate surface area is 168 Å². The van der Waals surface area contributed by atoms with Gasteiger partial charge in [-0.15, -0.1) is 11.3 Å². The average Bonchev–Trinajstić information content (AvgIpc) is 3.31. The maximum atomic E-state index is 12.8. The zero-order valence-corrected chi connectivity index (χ0v) is 16.6. The molecule has 146 valence electrons. The van der Waals surface area contributed by atoms with E-state index in [0.29, 0.717) is 23.8 Å². The van der Waals surface area contributed by atoms with E-state index < -0.39 is 0 Å². The predicted molar refractivity (Wildman–Crippen MR) is 108 cm³/mol. The first-order valence-corrected chi connectivity index (χ1v) is 10.5. The highest BCUT2D eigenvalue weighted by Gasteiger charge is 2.33. The fourth-order valence-electron chi connectivity index (χ4n) is 3.86. The molecule has 3 heterocycles. The number of hydrogen-bond donors (Lipinski definition) is 1. The quantitative estimate of drug-likeness (QED) is 0.846. The van der Waals surface area contributed by atoms with Gasteiger partial charge in [0.1, 0.15) is 11.1 Å². The first-order valence-electron chi connectivity index (χ1n) is 9.61. The van der Waals surface area contributed by atoms with Gasteiger partial charge in [-0.3, -0.25) is 9.69 Å². The Kier molecular flexibility index (Phi) is 5.51. The number of nitriles is 1. The highest BCUT2D eigenvalue weighted by atomic mass is 32.1. The standard InChI is InChI=1S/C21H23N3O3S/c1-14(20(25)23-21-16(13-22)7-11-28-21)24-8-2-4-17(24)15-5-6-18-19(12-15)27-10-3-9-26-18/h5-7,11-12,14,17H,2-4,8-10H2,1H3,(H,23,25)/t14-,17+/m1/s1. The molecule has 2 aliphatic rings. The lowest BCUT2D eigenvalue weighted by Crippen LogP contribution is -2.41.